The molecule has 0 amide bonds. The van der Waals surface area contributed by atoms with Gasteiger partial charge in [0.05, 0.1) is 12.4 Å². The molecule has 90 valence electrons. The number of hydrogen-bond acceptors (Lipinski definition) is 4. The van der Waals surface area contributed by atoms with Crippen molar-refractivity contribution in [2.24, 2.45) is 0 Å². The number of methoxy groups -OCH3 is 1. The molecule has 1 atom stereocenters. The highest BCUT2D eigenvalue weighted by molar-refractivity contribution is 7.89. The van der Waals surface area contributed by atoms with Gasteiger partial charge in [-0.25, -0.2) is 13.1 Å². The lowest BCUT2D eigenvalue weighted by Gasteiger charge is -2.13. The number of carboxylic acids is 1. The largest absolute Gasteiger partial charge is 0.480 e. The van der Waals surface area contributed by atoms with Crippen LogP contribution in [-0.4, -0.2) is 45.0 Å². The summed E-state index contributed by atoms with van der Waals surface area (Å²) in [6.45, 7) is 1.84. The zero-order valence-corrected chi connectivity index (χ0v) is 9.71. The number of sulfonamides is 1. The number of rotatable bonds is 8. The molecule has 2 N–H and O–H groups in total. The molecule has 0 heterocycles. The molecule has 0 saturated carbocycles. The Morgan fingerprint density at radius 3 is 2.53 bits per heavy atom. The summed E-state index contributed by atoms with van der Waals surface area (Å²) in [5.41, 5.74) is 0. The second-order valence-corrected chi connectivity index (χ2v) is 4.98. The molecule has 0 saturated heterocycles. The maximum atomic E-state index is 11.3. The molecule has 0 aromatic carbocycles. The maximum Gasteiger partial charge on any atom is 0.321 e. The van der Waals surface area contributed by atoms with Crippen molar-refractivity contribution in [2.75, 3.05) is 19.5 Å². The van der Waals surface area contributed by atoms with Crippen molar-refractivity contribution in [3.05, 3.63) is 0 Å². The van der Waals surface area contributed by atoms with Crippen LogP contribution < -0.4 is 4.72 Å². The first kappa shape index (κ1) is 14.3. The van der Waals surface area contributed by atoms with Gasteiger partial charge in [0.15, 0.2) is 0 Å². The highest BCUT2D eigenvalue weighted by atomic mass is 32.2. The first-order chi connectivity index (χ1) is 6.93. The van der Waals surface area contributed by atoms with Crippen LogP contribution in [0.5, 0.6) is 0 Å². The molecule has 0 bridgehead atoms. The Balaban J connectivity index is 4.32. The molecule has 15 heavy (non-hydrogen) atoms. The Labute approximate surface area is 89.7 Å². The van der Waals surface area contributed by atoms with E-state index in [0.717, 1.165) is 0 Å². The van der Waals surface area contributed by atoms with Crippen molar-refractivity contribution in [2.45, 2.75) is 25.8 Å². The number of aliphatic carboxylic acids is 1. The van der Waals surface area contributed by atoms with Gasteiger partial charge in [-0.3, -0.25) is 4.79 Å². The second-order valence-electron chi connectivity index (χ2n) is 3.11. The molecule has 0 aliphatic heterocycles. The van der Waals surface area contributed by atoms with Gasteiger partial charge in [-0.2, -0.15) is 0 Å². The van der Waals surface area contributed by atoms with Crippen LogP contribution in [0.4, 0.5) is 0 Å². The summed E-state index contributed by atoms with van der Waals surface area (Å²) in [5.74, 6) is -1.38. The van der Waals surface area contributed by atoms with Crippen molar-refractivity contribution in [1.82, 2.24) is 4.72 Å². The molecular weight excluding hydrogens is 222 g/mol. The minimum absolute atomic E-state index is 0.0494. The van der Waals surface area contributed by atoms with Gasteiger partial charge in [0.2, 0.25) is 10.0 Å². The molecule has 0 aliphatic rings. The van der Waals surface area contributed by atoms with Crippen molar-refractivity contribution in [3.8, 4) is 0 Å². The molecule has 0 rings (SSSR count). The van der Waals surface area contributed by atoms with Crippen molar-refractivity contribution >= 4 is 16.0 Å². The average molecular weight is 239 g/mol. The lowest BCUT2D eigenvalue weighted by atomic mass is 10.2. The summed E-state index contributed by atoms with van der Waals surface area (Å²) in [4.78, 5) is 10.7. The lowest BCUT2D eigenvalue weighted by Crippen LogP contribution is -2.42. The molecule has 7 heteroatoms. The van der Waals surface area contributed by atoms with E-state index < -0.39 is 22.0 Å². The van der Waals surface area contributed by atoms with E-state index in [9.17, 15) is 13.2 Å². The predicted molar refractivity (Wildman–Crippen MR) is 55.1 cm³/mol. The third kappa shape index (κ3) is 6.43. The molecule has 6 nitrogen and oxygen atoms in total. The van der Waals surface area contributed by atoms with Crippen LogP contribution in [0.2, 0.25) is 0 Å². The van der Waals surface area contributed by atoms with Gasteiger partial charge in [0, 0.05) is 7.11 Å². The van der Waals surface area contributed by atoms with Gasteiger partial charge < -0.3 is 9.84 Å². The SMILES string of the molecule is CCC[C@@H](NS(=O)(=O)CCOC)C(=O)O. The maximum absolute atomic E-state index is 11.3. The fourth-order valence-electron chi connectivity index (χ4n) is 0.990. The number of hydrogen-bond donors (Lipinski definition) is 2. The first-order valence-corrected chi connectivity index (χ1v) is 6.30. The van der Waals surface area contributed by atoms with Crippen molar-refractivity contribution in [1.29, 1.82) is 0 Å². The van der Waals surface area contributed by atoms with Crippen LogP contribution in [0.15, 0.2) is 0 Å². The number of carboxylic acid groups (broad SMARTS) is 1. The van der Waals surface area contributed by atoms with E-state index in [1.165, 1.54) is 7.11 Å². The molecule has 0 aliphatic carbocycles. The topological polar surface area (TPSA) is 92.7 Å². The van der Waals surface area contributed by atoms with Gasteiger partial charge in [-0.05, 0) is 6.42 Å². The van der Waals surface area contributed by atoms with E-state index in [2.05, 4.69) is 9.46 Å². The van der Waals surface area contributed by atoms with Gasteiger partial charge >= 0.3 is 5.97 Å². The number of nitrogens with one attached hydrogen (secondary N) is 1. The van der Waals surface area contributed by atoms with E-state index in [1.807, 2.05) is 0 Å². The molecule has 0 fully saturated rings. The van der Waals surface area contributed by atoms with E-state index in [-0.39, 0.29) is 18.8 Å². The molecular formula is C8H17NO5S. The molecule has 0 spiro atoms. The fraction of sp³-hybridized carbons (Fsp3) is 0.875. The highest BCUT2D eigenvalue weighted by Crippen LogP contribution is 1.99. The highest BCUT2D eigenvalue weighted by Gasteiger charge is 2.22. The Morgan fingerprint density at radius 2 is 2.13 bits per heavy atom. The predicted octanol–water partition coefficient (Wildman–Crippen LogP) is -0.194. The average Bonchev–Trinajstić information content (AvgIpc) is 2.14. The standard InChI is InChI=1S/C8H17NO5S/c1-3-4-7(8(10)11)9-15(12,13)6-5-14-2/h7,9H,3-6H2,1-2H3,(H,10,11)/t7-/m1/s1. The van der Waals surface area contributed by atoms with Crippen molar-refractivity contribution < 1.29 is 23.1 Å². The summed E-state index contributed by atoms with van der Waals surface area (Å²) >= 11 is 0. The monoisotopic (exact) mass is 239 g/mol. The van der Waals surface area contributed by atoms with Crippen LogP contribution in [-0.2, 0) is 19.6 Å². The zero-order chi connectivity index (χ0) is 11.9. The summed E-state index contributed by atoms with van der Waals surface area (Å²) in [6.07, 6.45) is 0.880. The van der Waals surface area contributed by atoms with E-state index in [4.69, 9.17) is 5.11 Å². The quantitative estimate of drug-likeness (QED) is 0.612. The molecule has 0 unspecified atom stereocenters. The third-order valence-corrected chi connectivity index (χ3v) is 3.10. The normalized spacial score (nSPS) is 13.7. The minimum Gasteiger partial charge on any atom is -0.480 e. The van der Waals surface area contributed by atoms with Crippen molar-refractivity contribution in [3.63, 3.8) is 0 Å². The Kier molecular flexibility index (Phi) is 6.46. The first-order valence-electron chi connectivity index (χ1n) is 4.64. The van der Waals surface area contributed by atoms with Gasteiger partial charge in [0.25, 0.3) is 0 Å². The fourth-order valence-corrected chi connectivity index (χ4v) is 2.15. The summed E-state index contributed by atoms with van der Waals surface area (Å²) in [7, 11) is -2.18. The summed E-state index contributed by atoms with van der Waals surface area (Å²) < 4.78 is 29.4. The Hall–Kier alpha value is -0.660. The van der Waals surface area contributed by atoms with E-state index in [1.54, 1.807) is 6.92 Å². The Morgan fingerprint density at radius 1 is 1.53 bits per heavy atom. The molecule has 0 radical (unpaired) electrons. The van der Waals surface area contributed by atoms with Crippen LogP contribution >= 0.6 is 0 Å². The van der Waals surface area contributed by atoms with Gasteiger partial charge in [0.1, 0.15) is 6.04 Å². The number of carbonyl (C=O) groups is 1. The third-order valence-electron chi connectivity index (χ3n) is 1.75. The van der Waals surface area contributed by atoms with Crippen LogP contribution in [0.25, 0.3) is 0 Å². The zero-order valence-electron chi connectivity index (χ0n) is 8.89. The second kappa shape index (κ2) is 6.76. The summed E-state index contributed by atoms with van der Waals surface area (Å²) in [6, 6.07) is -1.04. The number of ether oxygens (including phenoxy) is 1. The Bertz CT molecular complexity index is 287. The van der Waals surface area contributed by atoms with Gasteiger partial charge in [-0.1, -0.05) is 13.3 Å². The molecule has 0 aromatic rings. The van der Waals surface area contributed by atoms with Crippen LogP contribution in [0, 0.1) is 0 Å². The summed E-state index contributed by atoms with van der Waals surface area (Å²) in [5, 5.41) is 8.73. The van der Waals surface area contributed by atoms with E-state index >= 15 is 0 Å². The van der Waals surface area contributed by atoms with Gasteiger partial charge in [-0.15, -0.1) is 0 Å². The molecule has 0 aromatic heterocycles. The lowest BCUT2D eigenvalue weighted by molar-refractivity contribution is -0.139. The smallest absolute Gasteiger partial charge is 0.321 e. The van der Waals surface area contributed by atoms with E-state index in [0.29, 0.717) is 6.42 Å². The van der Waals surface area contributed by atoms with Crippen LogP contribution in [0.3, 0.4) is 0 Å². The minimum atomic E-state index is -3.57. The van der Waals surface area contributed by atoms with Crippen LogP contribution in [0.1, 0.15) is 19.8 Å².